The van der Waals surface area contributed by atoms with E-state index in [9.17, 15) is 30.6 Å². The lowest BCUT2D eigenvalue weighted by atomic mass is 9.97. The number of aliphatic hydroxyl groups is 8. The molecule has 8 N–H and O–H groups in total. The number of hydrogen-bond donors (Lipinski definition) is 8. The Labute approximate surface area is 130 Å². The van der Waals surface area contributed by atoms with Gasteiger partial charge in [0, 0.05) is 0 Å². The molecule has 0 bridgehead atoms. The fourth-order valence-corrected chi connectivity index (χ4v) is 2.56. The number of hydrogen-bond acceptors (Lipinski definition) is 11. The molecule has 0 amide bonds. The van der Waals surface area contributed by atoms with Crippen LogP contribution >= 0.6 is 0 Å². The van der Waals surface area contributed by atoms with E-state index >= 15 is 0 Å². The van der Waals surface area contributed by atoms with Crippen molar-refractivity contribution in [1.29, 1.82) is 0 Å². The fourth-order valence-electron chi connectivity index (χ4n) is 2.56. The van der Waals surface area contributed by atoms with Crippen LogP contribution in [0.2, 0.25) is 0 Å². The van der Waals surface area contributed by atoms with Crippen LogP contribution in [0.4, 0.5) is 0 Å². The monoisotopic (exact) mass is 342 g/mol. The van der Waals surface area contributed by atoms with E-state index in [1.807, 2.05) is 0 Å². The summed E-state index contributed by atoms with van der Waals surface area (Å²) in [6.07, 6.45) is -15.7. The van der Waals surface area contributed by atoms with Crippen LogP contribution in [0.3, 0.4) is 0 Å². The molecule has 0 radical (unpaired) electrons. The van der Waals surface area contributed by atoms with Crippen LogP contribution in [0.1, 0.15) is 0 Å². The minimum absolute atomic E-state index is 0.667. The molecule has 0 aromatic rings. The third kappa shape index (κ3) is 3.65. The van der Waals surface area contributed by atoms with Gasteiger partial charge in [-0.25, -0.2) is 0 Å². The molecule has 0 aromatic heterocycles. The summed E-state index contributed by atoms with van der Waals surface area (Å²) in [7, 11) is 0. The van der Waals surface area contributed by atoms with Crippen LogP contribution in [0.15, 0.2) is 0 Å². The Kier molecular flexibility index (Phi) is 6.27. The number of rotatable bonds is 4. The molecule has 0 aliphatic carbocycles. The van der Waals surface area contributed by atoms with Crippen molar-refractivity contribution < 1.29 is 55.1 Å². The zero-order valence-electron chi connectivity index (χ0n) is 12.0. The maximum atomic E-state index is 10.00. The molecule has 11 nitrogen and oxygen atoms in total. The first-order valence-electron chi connectivity index (χ1n) is 7.08. The largest absolute Gasteiger partial charge is 0.394 e. The molecular weight excluding hydrogens is 320 g/mol. The lowest BCUT2D eigenvalue weighted by Crippen LogP contribution is -2.64. The van der Waals surface area contributed by atoms with Gasteiger partial charge >= 0.3 is 0 Å². The van der Waals surface area contributed by atoms with Gasteiger partial charge in [-0.2, -0.15) is 0 Å². The Morgan fingerprint density at radius 1 is 0.652 bits per heavy atom. The number of ether oxygens (including phenoxy) is 3. The average molecular weight is 342 g/mol. The van der Waals surface area contributed by atoms with E-state index in [0.29, 0.717) is 0 Å². The predicted molar refractivity (Wildman–Crippen MR) is 68.6 cm³/mol. The zero-order chi connectivity index (χ0) is 17.3. The molecule has 0 unspecified atom stereocenters. The quantitative estimate of drug-likeness (QED) is 0.243. The van der Waals surface area contributed by atoms with Crippen molar-refractivity contribution in [2.75, 3.05) is 13.2 Å². The first-order chi connectivity index (χ1) is 10.8. The van der Waals surface area contributed by atoms with Gasteiger partial charge in [0.05, 0.1) is 13.2 Å². The minimum atomic E-state index is -1.76. The summed E-state index contributed by atoms with van der Waals surface area (Å²) in [5, 5.41) is 76.8. The zero-order valence-corrected chi connectivity index (χ0v) is 12.0. The molecule has 2 rings (SSSR count). The second-order valence-electron chi connectivity index (χ2n) is 5.53. The van der Waals surface area contributed by atoms with Crippen molar-refractivity contribution in [2.24, 2.45) is 0 Å². The third-order valence-electron chi connectivity index (χ3n) is 3.98. The molecule has 0 aromatic carbocycles. The molecule has 2 aliphatic heterocycles. The van der Waals surface area contributed by atoms with Crippen LogP contribution in [0.25, 0.3) is 0 Å². The van der Waals surface area contributed by atoms with Crippen molar-refractivity contribution in [2.45, 2.75) is 61.4 Å². The molecule has 0 saturated carbocycles. The van der Waals surface area contributed by atoms with Gasteiger partial charge < -0.3 is 55.1 Å². The molecule has 10 atom stereocenters. The van der Waals surface area contributed by atoms with Crippen LogP contribution in [0, 0.1) is 0 Å². The molecule has 2 aliphatic rings. The van der Waals surface area contributed by atoms with Crippen LogP contribution in [0.5, 0.6) is 0 Å². The maximum absolute atomic E-state index is 10.00. The summed E-state index contributed by atoms with van der Waals surface area (Å²) < 4.78 is 15.1. The van der Waals surface area contributed by atoms with E-state index in [1.54, 1.807) is 0 Å². The van der Waals surface area contributed by atoms with Gasteiger partial charge in [0.25, 0.3) is 0 Å². The van der Waals surface area contributed by atoms with Crippen molar-refractivity contribution in [3.8, 4) is 0 Å². The Hall–Kier alpha value is -0.440. The summed E-state index contributed by atoms with van der Waals surface area (Å²) >= 11 is 0. The van der Waals surface area contributed by atoms with Gasteiger partial charge in [-0.3, -0.25) is 0 Å². The normalized spacial score (nSPS) is 51.7. The van der Waals surface area contributed by atoms with Crippen LogP contribution < -0.4 is 0 Å². The van der Waals surface area contributed by atoms with Crippen molar-refractivity contribution in [3.05, 3.63) is 0 Å². The van der Waals surface area contributed by atoms with Gasteiger partial charge in [0.2, 0.25) is 0 Å². The SMILES string of the molecule is OC[C@H]1O[C@H](O[C@@H]2[C@H](O)[C@@H](O)O[C@H](CO)[C@H]2O)[C@H](O)[C@@H](O)[C@@H]1O. The van der Waals surface area contributed by atoms with E-state index in [4.69, 9.17) is 24.4 Å². The summed E-state index contributed by atoms with van der Waals surface area (Å²) in [5.74, 6) is 0. The van der Waals surface area contributed by atoms with Crippen LogP contribution in [-0.4, -0.2) is 115 Å². The highest BCUT2D eigenvalue weighted by atomic mass is 16.7. The lowest BCUT2D eigenvalue weighted by Gasteiger charge is -2.45. The molecule has 0 spiro atoms. The summed E-state index contributed by atoms with van der Waals surface area (Å²) in [6.45, 7) is -1.34. The average Bonchev–Trinajstić information content (AvgIpc) is 2.54. The van der Waals surface area contributed by atoms with Crippen molar-refractivity contribution in [1.82, 2.24) is 0 Å². The number of aliphatic hydroxyl groups excluding tert-OH is 8. The summed E-state index contributed by atoms with van der Waals surface area (Å²) in [4.78, 5) is 0. The Morgan fingerprint density at radius 2 is 1.22 bits per heavy atom. The lowest BCUT2D eigenvalue weighted by molar-refractivity contribution is -0.355. The highest BCUT2D eigenvalue weighted by molar-refractivity contribution is 4.93. The highest BCUT2D eigenvalue weighted by Crippen LogP contribution is 2.28. The van der Waals surface area contributed by atoms with Gasteiger partial charge in [0.15, 0.2) is 12.6 Å². The van der Waals surface area contributed by atoms with E-state index in [-0.39, 0.29) is 0 Å². The standard InChI is InChI=1S/C12H22O11/c13-1-3-5(15)7(17)8(18)12(22-3)23-10-6(16)4(2-14)21-11(20)9(10)19/h3-20H,1-2H2/t3-,4-,5-,6-,7+,8-,9+,10+,11+,12-/m1/s1. The summed E-state index contributed by atoms with van der Waals surface area (Å²) in [5.41, 5.74) is 0. The Bertz CT molecular complexity index is 380. The molecule has 23 heavy (non-hydrogen) atoms. The Balaban J connectivity index is 2.11. The molecule has 2 fully saturated rings. The molecule has 136 valence electrons. The van der Waals surface area contributed by atoms with Gasteiger partial charge in [-0.05, 0) is 0 Å². The second kappa shape index (κ2) is 7.63. The molecule has 11 heteroatoms. The molecular formula is C12H22O11. The van der Waals surface area contributed by atoms with Crippen molar-refractivity contribution >= 4 is 0 Å². The third-order valence-corrected chi connectivity index (χ3v) is 3.98. The first kappa shape index (κ1) is 18.9. The van der Waals surface area contributed by atoms with Crippen LogP contribution in [-0.2, 0) is 14.2 Å². The first-order valence-corrected chi connectivity index (χ1v) is 7.08. The highest BCUT2D eigenvalue weighted by Gasteiger charge is 2.50. The second-order valence-corrected chi connectivity index (χ2v) is 5.53. The predicted octanol–water partition coefficient (Wildman–Crippen LogP) is -5.40. The minimum Gasteiger partial charge on any atom is -0.394 e. The van der Waals surface area contributed by atoms with E-state index < -0.39 is 74.6 Å². The van der Waals surface area contributed by atoms with E-state index in [1.165, 1.54) is 0 Å². The Morgan fingerprint density at radius 3 is 1.78 bits per heavy atom. The fraction of sp³-hybridized carbons (Fsp3) is 1.00. The maximum Gasteiger partial charge on any atom is 0.187 e. The van der Waals surface area contributed by atoms with E-state index in [0.717, 1.165) is 0 Å². The van der Waals surface area contributed by atoms with Gasteiger partial charge in [0.1, 0.15) is 48.8 Å². The smallest absolute Gasteiger partial charge is 0.187 e. The van der Waals surface area contributed by atoms with E-state index in [2.05, 4.69) is 0 Å². The van der Waals surface area contributed by atoms with Gasteiger partial charge in [-0.15, -0.1) is 0 Å². The topological polar surface area (TPSA) is 190 Å². The molecule has 2 heterocycles. The van der Waals surface area contributed by atoms with Crippen molar-refractivity contribution in [3.63, 3.8) is 0 Å². The molecule has 2 saturated heterocycles. The van der Waals surface area contributed by atoms with Gasteiger partial charge in [-0.1, -0.05) is 0 Å². The summed E-state index contributed by atoms with van der Waals surface area (Å²) in [6, 6.07) is 0.